The van der Waals surface area contributed by atoms with Crippen molar-refractivity contribution in [2.75, 3.05) is 0 Å². The van der Waals surface area contributed by atoms with Crippen molar-refractivity contribution in [2.45, 2.75) is 40.6 Å². The predicted octanol–water partition coefficient (Wildman–Crippen LogP) is 9.33. The van der Waals surface area contributed by atoms with Crippen LogP contribution < -0.4 is 0 Å². The van der Waals surface area contributed by atoms with Gasteiger partial charge in [0.15, 0.2) is 34.9 Å². The number of rotatable bonds is 9. The summed E-state index contributed by atoms with van der Waals surface area (Å²) in [5, 5.41) is 0. The Hall–Kier alpha value is -2.94. The Balaban J connectivity index is 1.69. The third-order valence-electron chi connectivity index (χ3n) is 7.45. The van der Waals surface area contributed by atoms with Gasteiger partial charge in [-0.3, -0.25) is 0 Å². The first-order valence-corrected chi connectivity index (χ1v) is 16.8. The van der Waals surface area contributed by atoms with Crippen molar-refractivity contribution in [3.8, 4) is 0 Å². The second-order valence-electron chi connectivity index (χ2n) is 10.3. The molecule has 0 amide bonds. The number of carbonyl (C=O) groups excluding carboxylic acids is 3. The lowest BCUT2D eigenvalue weighted by molar-refractivity contribution is 0.0469. The maximum atomic E-state index is 13.9. The van der Waals surface area contributed by atoms with E-state index in [1.807, 2.05) is 0 Å². The fourth-order valence-electron chi connectivity index (χ4n) is 4.72. The zero-order valence-corrected chi connectivity index (χ0v) is 31.4. The van der Waals surface area contributed by atoms with E-state index in [4.69, 9.17) is 14.2 Å². The van der Waals surface area contributed by atoms with E-state index < -0.39 is 72.6 Å². The first kappa shape index (κ1) is 37.9. The van der Waals surface area contributed by atoms with E-state index in [1.54, 1.807) is 88.5 Å². The molecule has 0 saturated heterocycles. The number of benzene rings is 4. The Bertz CT molecular complexity index is 1740. The highest BCUT2D eigenvalue weighted by Gasteiger charge is 2.24. The third-order valence-corrected chi connectivity index (χ3v) is 10.1. The lowest BCUT2D eigenvalue weighted by Gasteiger charge is -2.22. The highest BCUT2D eigenvalue weighted by Crippen LogP contribution is 2.31. The van der Waals surface area contributed by atoms with Gasteiger partial charge in [0.25, 0.3) is 0 Å². The Labute approximate surface area is 310 Å². The molecule has 4 rings (SSSR count). The summed E-state index contributed by atoms with van der Waals surface area (Å²) in [7, 11) is 0. The van der Waals surface area contributed by atoms with E-state index in [2.05, 4.69) is 0 Å². The molecular formula is C33H21F6I3O6. The minimum absolute atomic E-state index is 0.104. The van der Waals surface area contributed by atoms with Crippen LogP contribution in [0.2, 0.25) is 0 Å². The van der Waals surface area contributed by atoms with Gasteiger partial charge in [-0.15, -0.1) is 0 Å². The second kappa shape index (κ2) is 15.7. The quantitative estimate of drug-likeness (QED) is 0.0548. The van der Waals surface area contributed by atoms with Crippen molar-refractivity contribution in [3.63, 3.8) is 0 Å². The van der Waals surface area contributed by atoms with Crippen molar-refractivity contribution in [2.24, 2.45) is 0 Å². The number of halogens is 9. The van der Waals surface area contributed by atoms with Crippen molar-refractivity contribution in [1.82, 2.24) is 0 Å². The summed E-state index contributed by atoms with van der Waals surface area (Å²) in [6, 6.07) is 4.67. The molecule has 0 bridgehead atoms. The molecule has 0 aliphatic rings. The van der Waals surface area contributed by atoms with E-state index in [0.717, 1.165) is 18.2 Å². The molecular weight excluding hydrogens is 987 g/mol. The topological polar surface area (TPSA) is 78.9 Å². The average molecular weight is 1010 g/mol. The monoisotopic (exact) mass is 1010 g/mol. The van der Waals surface area contributed by atoms with Crippen molar-refractivity contribution in [1.29, 1.82) is 0 Å². The first-order valence-electron chi connectivity index (χ1n) is 13.6. The molecule has 6 nitrogen and oxygen atoms in total. The number of hydrogen-bond donors (Lipinski definition) is 0. The first-order chi connectivity index (χ1) is 22.5. The van der Waals surface area contributed by atoms with E-state index in [9.17, 15) is 40.7 Å². The van der Waals surface area contributed by atoms with Crippen LogP contribution >= 0.6 is 67.8 Å². The van der Waals surface area contributed by atoms with Crippen LogP contribution in [0.1, 0.15) is 64.5 Å². The number of carbonyl (C=O) groups is 3. The minimum Gasteiger partial charge on any atom is -0.457 e. The lowest BCUT2D eigenvalue weighted by atomic mass is 9.89. The molecule has 0 spiro atoms. The Morgan fingerprint density at radius 1 is 0.458 bits per heavy atom. The number of esters is 3. The highest BCUT2D eigenvalue weighted by molar-refractivity contribution is 14.1. The summed E-state index contributed by atoms with van der Waals surface area (Å²) < 4.78 is 99.3. The molecule has 0 saturated carbocycles. The lowest BCUT2D eigenvalue weighted by Crippen LogP contribution is -2.16. The molecule has 0 radical (unpaired) electrons. The van der Waals surface area contributed by atoms with Gasteiger partial charge in [-0.05, 0) is 158 Å². The van der Waals surface area contributed by atoms with Crippen LogP contribution in [-0.2, 0) is 34.0 Å². The van der Waals surface area contributed by atoms with Gasteiger partial charge in [-0.1, -0.05) is 0 Å². The van der Waals surface area contributed by atoms with Gasteiger partial charge in [0.2, 0.25) is 0 Å². The molecule has 0 N–H and O–H groups in total. The summed E-state index contributed by atoms with van der Waals surface area (Å²) in [5.74, 6) is -10.0. The summed E-state index contributed by atoms with van der Waals surface area (Å²) in [5.41, 5.74) is 2.02. The Morgan fingerprint density at radius 3 is 0.896 bits per heavy atom. The van der Waals surface area contributed by atoms with Gasteiger partial charge in [0.1, 0.15) is 19.8 Å². The fraction of sp³-hybridized carbons (Fsp3) is 0.182. The van der Waals surface area contributed by atoms with Gasteiger partial charge in [-0.25, -0.2) is 40.7 Å². The molecule has 48 heavy (non-hydrogen) atoms. The Kier molecular flexibility index (Phi) is 12.4. The van der Waals surface area contributed by atoms with Gasteiger partial charge < -0.3 is 14.2 Å². The van der Waals surface area contributed by atoms with Crippen LogP contribution in [0.15, 0.2) is 36.4 Å². The van der Waals surface area contributed by atoms with Crippen molar-refractivity contribution < 1.29 is 54.9 Å². The number of ether oxygens (including phenoxy) is 3. The molecule has 0 aromatic heterocycles. The molecule has 0 unspecified atom stereocenters. The van der Waals surface area contributed by atoms with E-state index in [1.165, 1.54) is 0 Å². The van der Waals surface area contributed by atoms with E-state index in [-0.39, 0.29) is 27.4 Å². The Morgan fingerprint density at radius 2 is 0.667 bits per heavy atom. The molecule has 4 aromatic rings. The largest absolute Gasteiger partial charge is 0.457 e. The van der Waals surface area contributed by atoms with Crippen LogP contribution in [0, 0.1) is 66.4 Å². The van der Waals surface area contributed by atoms with Crippen LogP contribution in [0.25, 0.3) is 0 Å². The number of hydrogen-bond acceptors (Lipinski definition) is 6. The van der Waals surface area contributed by atoms with Gasteiger partial charge >= 0.3 is 17.9 Å². The summed E-state index contributed by atoms with van der Waals surface area (Å²) in [6.45, 7) is 3.76. The molecule has 252 valence electrons. The van der Waals surface area contributed by atoms with Crippen molar-refractivity contribution >= 4 is 85.7 Å². The summed E-state index contributed by atoms with van der Waals surface area (Å²) >= 11 is 4.99. The van der Waals surface area contributed by atoms with Crippen LogP contribution in [-0.4, -0.2) is 17.9 Å². The van der Waals surface area contributed by atoms with Gasteiger partial charge in [-0.2, -0.15) is 0 Å². The van der Waals surface area contributed by atoms with Gasteiger partial charge in [0, 0.05) is 10.7 Å². The third kappa shape index (κ3) is 8.26. The van der Waals surface area contributed by atoms with Gasteiger partial charge in [0.05, 0.1) is 16.7 Å². The smallest absolute Gasteiger partial charge is 0.339 e. The predicted molar refractivity (Wildman–Crippen MR) is 185 cm³/mol. The molecule has 0 heterocycles. The summed E-state index contributed by atoms with van der Waals surface area (Å²) in [4.78, 5) is 38.7. The SMILES string of the molecule is Cc1c(COC(=O)c2cc(F)c(F)cc2I)c(C)c(COC(=O)c2cc(F)c(F)cc2I)c(C)c1COC(=O)c1cc(F)c(F)cc1I. The van der Waals surface area contributed by atoms with E-state index >= 15 is 0 Å². The highest BCUT2D eigenvalue weighted by atomic mass is 127. The minimum atomic E-state index is -1.25. The zero-order valence-electron chi connectivity index (χ0n) is 24.9. The van der Waals surface area contributed by atoms with Crippen LogP contribution in [0.4, 0.5) is 26.3 Å². The molecule has 0 aliphatic carbocycles. The molecule has 0 aliphatic heterocycles. The molecule has 0 fully saturated rings. The zero-order chi connectivity index (χ0) is 35.6. The molecule has 15 heteroatoms. The second-order valence-corrected chi connectivity index (χ2v) is 13.8. The van der Waals surface area contributed by atoms with E-state index in [0.29, 0.717) is 51.6 Å². The maximum absolute atomic E-state index is 13.9. The average Bonchev–Trinajstić information content (AvgIpc) is 3.01. The molecule has 0 atom stereocenters. The van der Waals surface area contributed by atoms with Crippen LogP contribution in [0.3, 0.4) is 0 Å². The molecule has 4 aromatic carbocycles. The standard InChI is InChI=1S/C33H21F6I3O6/c1-13-19(10-46-31(43)16-4-22(34)25(37)7-28(16)40)14(2)21(12-48-33(45)18-6-24(36)27(39)9-30(18)42)15(3)20(13)11-47-32(44)17-5-23(35)26(38)8-29(17)41/h4-9H,10-12H2,1-3H3. The normalized spacial score (nSPS) is 11.0. The van der Waals surface area contributed by atoms with Crippen LogP contribution in [0.5, 0.6) is 0 Å². The fourth-order valence-corrected chi connectivity index (χ4v) is 6.67. The van der Waals surface area contributed by atoms with Crippen molar-refractivity contribution in [3.05, 3.63) is 132 Å². The maximum Gasteiger partial charge on any atom is 0.339 e. The summed E-state index contributed by atoms with van der Waals surface area (Å²) in [6.07, 6.45) is 0.